The van der Waals surface area contributed by atoms with E-state index in [1.54, 1.807) is 11.3 Å². The number of likely N-dealkylation sites (tertiary alicyclic amines) is 1. The second-order valence-corrected chi connectivity index (χ2v) is 7.17. The topological polar surface area (TPSA) is 53.4 Å². The number of amides is 1. The van der Waals surface area contributed by atoms with Crippen molar-refractivity contribution in [3.05, 3.63) is 40.9 Å². The van der Waals surface area contributed by atoms with Gasteiger partial charge in [-0.3, -0.25) is 4.79 Å². The maximum absolute atomic E-state index is 12.9. The molecule has 0 spiro atoms. The Morgan fingerprint density at radius 3 is 2.96 bits per heavy atom. The van der Waals surface area contributed by atoms with E-state index in [9.17, 15) is 9.90 Å². The standard InChI is InChI=1S/C18H22N2O2S/c1-12-11-23-17(19-12)15-4-3-5-16(8-15)18(22)20-9-14(10-21)7-6-13(20)2/h3-5,8,11,13-14,21H,6-7,9-10H2,1-2H3. The van der Waals surface area contributed by atoms with Crippen LogP contribution in [0.1, 0.15) is 35.8 Å². The Morgan fingerprint density at radius 1 is 1.43 bits per heavy atom. The number of thiazole rings is 1. The summed E-state index contributed by atoms with van der Waals surface area (Å²) in [5, 5.41) is 12.4. The fourth-order valence-electron chi connectivity index (χ4n) is 3.05. The van der Waals surface area contributed by atoms with Crippen LogP contribution in [0.15, 0.2) is 29.6 Å². The van der Waals surface area contributed by atoms with Crippen molar-refractivity contribution in [1.82, 2.24) is 9.88 Å². The first-order valence-electron chi connectivity index (χ1n) is 8.03. The molecule has 2 heterocycles. The predicted molar refractivity (Wildman–Crippen MR) is 92.6 cm³/mol. The van der Waals surface area contributed by atoms with Crippen LogP contribution in [0.5, 0.6) is 0 Å². The van der Waals surface area contributed by atoms with Crippen molar-refractivity contribution in [3.63, 3.8) is 0 Å². The number of benzene rings is 1. The van der Waals surface area contributed by atoms with Crippen LogP contribution in [0.4, 0.5) is 0 Å². The van der Waals surface area contributed by atoms with E-state index in [0.29, 0.717) is 12.1 Å². The van der Waals surface area contributed by atoms with E-state index in [1.165, 1.54) is 0 Å². The van der Waals surface area contributed by atoms with Gasteiger partial charge >= 0.3 is 0 Å². The number of aryl methyl sites for hydroxylation is 1. The molecule has 4 nitrogen and oxygen atoms in total. The van der Waals surface area contributed by atoms with E-state index in [2.05, 4.69) is 11.9 Å². The molecular weight excluding hydrogens is 308 g/mol. The number of hydrogen-bond acceptors (Lipinski definition) is 4. The van der Waals surface area contributed by atoms with Crippen LogP contribution >= 0.6 is 11.3 Å². The SMILES string of the molecule is Cc1csc(-c2cccc(C(=O)N3CC(CO)CCC3C)c2)n1. The van der Waals surface area contributed by atoms with Crippen LogP contribution in [0.25, 0.3) is 10.6 Å². The lowest BCUT2D eigenvalue weighted by atomic mass is 9.93. The Balaban J connectivity index is 1.84. The molecule has 0 saturated carbocycles. The van der Waals surface area contributed by atoms with Crippen LogP contribution in [0.2, 0.25) is 0 Å². The first kappa shape index (κ1) is 16.1. The second-order valence-electron chi connectivity index (χ2n) is 6.31. The first-order chi connectivity index (χ1) is 11.1. The zero-order valence-corrected chi connectivity index (χ0v) is 14.3. The van der Waals surface area contributed by atoms with E-state index >= 15 is 0 Å². The summed E-state index contributed by atoms with van der Waals surface area (Å²) in [6, 6.07) is 7.91. The quantitative estimate of drug-likeness (QED) is 0.939. The molecule has 2 unspecified atom stereocenters. The van der Waals surface area contributed by atoms with Crippen molar-refractivity contribution in [1.29, 1.82) is 0 Å². The summed E-state index contributed by atoms with van der Waals surface area (Å²) in [5.74, 6) is 0.241. The molecule has 5 heteroatoms. The number of aliphatic hydroxyl groups excluding tert-OH is 1. The number of hydrogen-bond donors (Lipinski definition) is 1. The van der Waals surface area contributed by atoms with Gasteiger partial charge in [0.05, 0.1) is 0 Å². The summed E-state index contributed by atoms with van der Waals surface area (Å²) >= 11 is 1.59. The molecule has 1 aliphatic rings. The van der Waals surface area contributed by atoms with E-state index in [4.69, 9.17) is 0 Å². The van der Waals surface area contributed by atoms with Crippen molar-refractivity contribution < 1.29 is 9.90 Å². The summed E-state index contributed by atoms with van der Waals surface area (Å²) in [7, 11) is 0. The van der Waals surface area contributed by atoms with Gasteiger partial charge in [0.1, 0.15) is 5.01 Å². The third kappa shape index (κ3) is 3.46. The van der Waals surface area contributed by atoms with Crippen molar-refractivity contribution >= 4 is 17.2 Å². The van der Waals surface area contributed by atoms with E-state index in [1.807, 2.05) is 41.5 Å². The highest BCUT2D eigenvalue weighted by atomic mass is 32.1. The molecule has 1 saturated heterocycles. The Morgan fingerprint density at radius 2 is 2.26 bits per heavy atom. The molecule has 1 aromatic heterocycles. The van der Waals surface area contributed by atoms with Gasteiger partial charge in [0.15, 0.2) is 0 Å². The lowest BCUT2D eigenvalue weighted by Gasteiger charge is -2.37. The molecule has 122 valence electrons. The summed E-state index contributed by atoms with van der Waals surface area (Å²) < 4.78 is 0. The number of carbonyl (C=O) groups is 1. The maximum Gasteiger partial charge on any atom is 0.254 e. The number of aromatic nitrogens is 1. The Labute approximate surface area is 140 Å². The number of rotatable bonds is 3. The highest BCUT2D eigenvalue weighted by molar-refractivity contribution is 7.13. The van der Waals surface area contributed by atoms with Gasteiger partial charge in [0, 0.05) is 41.4 Å². The van der Waals surface area contributed by atoms with Gasteiger partial charge in [-0.2, -0.15) is 0 Å². The lowest BCUT2D eigenvalue weighted by Crippen LogP contribution is -2.46. The molecule has 1 aromatic carbocycles. The van der Waals surface area contributed by atoms with Gasteiger partial charge in [-0.15, -0.1) is 11.3 Å². The fourth-order valence-corrected chi connectivity index (χ4v) is 3.85. The lowest BCUT2D eigenvalue weighted by molar-refractivity contribution is 0.0489. The molecule has 0 aliphatic carbocycles. The summed E-state index contributed by atoms with van der Waals surface area (Å²) in [4.78, 5) is 19.3. The van der Waals surface area contributed by atoms with E-state index < -0.39 is 0 Å². The van der Waals surface area contributed by atoms with Crippen molar-refractivity contribution in [3.8, 4) is 10.6 Å². The largest absolute Gasteiger partial charge is 0.396 e. The highest BCUT2D eigenvalue weighted by Gasteiger charge is 2.29. The summed E-state index contributed by atoms with van der Waals surface area (Å²) in [5.41, 5.74) is 2.68. The summed E-state index contributed by atoms with van der Waals surface area (Å²) in [6.07, 6.45) is 1.93. The van der Waals surface area contributed by atoms with Gasteiger partial charge in [0.2, 0.25) is 0 Å². The average molecular weight is 330 g/mol. The van der Waals surface area contributed by atoms with Crippen molar-refractivity contribution in [2.24, 2.45) is 5.92 Å². The number of aliphatic hydroxyl groups is 1. The minimum Gasteiger partial charge on any atom is -0.396 e. The zero-order valence-electron chi connectivity index (χ0n) is 13.5. The molecule has 1 fully saturated rings. The number of nitrogens with zero attached hydrogens (tertiary/aromatic N) is 2. The Bertz CT molecular complexity index is 698. The fraction of sp³-hybridized carbons (Fsp3) is 0.444. The van der Waals surface area contributed by atoms with E-state index in [-0.39, 0.29) is 24.5 Å². The monoisotopic (exact) mass is 330 g/mol. The molecule has 0 radical (unpaired) electrons. The van der Waals surface area contributed by atoms with Crippen LogP contribution in [-0.2, 0) is 0 Å². The maximum atomic E-state index is 12.9. The summed E-state index contributed by atoms with van der Waals surface area (Å²) in [6.45, 7) is 4.84. The van der Waals surface area contributed by atoms with Gasteiger partial charge < -0.3 is 10.0 Å². The Kier molecular flexibility index (Phi) is 4.78. The van der Waals surface area contributed by atoms with Crippen LogP contribution in [0, 0.1) is 12.8 Å². The molecule has 23 heavy (non-hydrogen) atoms. The van der Waals surface area contributed by atoms with Crippen molar-refractivity contribution in [2.75, 3.05) is 13.2 Å². The number of carbonyl (C=O) groups excluding carboxylic acids is 1. The molecule has 1 N–H and O–H groups in total. The molecule has 2 atom stereocenters. The highest BCUT2D eigenvalue weighted by Crippen LogP contribution is 2.27. The van der Waals surface area contributed by atoms with E-state index in [0.717, 1.165) is 29.1 Å². The third-order valence-electron chi connectivity index (χ3n) is 4.47. The smallest absolute Gasteiger partial charge is 0.254 e. The van der Waals surface area contributed by atoms with Gasteiger partial charge in [-0.05, 0) is 44.7 Å². The third-order valence-corrected chi connectivity index (χ3v) is 5.48. The molecule has 0 bridgehead atoms. The second kappa shape index (κ2) is 6.81. The molecule has 1 aliphatic heterocycles. The average Bonchev–Trinajstić information content (AvgIpc) is 3.01. The minimum absolute atomic E-state index is 0.0470. The van der Waals surface area contributed by atoms with Crippen LogP contribution in [-0.4, -0.2) is 40.1 Å². The molecule has 3 rings (SSSR count). The van der Waals surface area contributed by atoms with Gasteiger partial charge in [-0.1, -0.05) is 12.1 Å². The van der Waals surface area contributed by atoms with Crippen molar-refractivity contribution in [2.45, 2.75) is 32.7 Å². The van der Waals surface area contributed by atoms with Crippen LogP contribution < -0.4 is 0 Å². The number of piperidine rings is 1. The normalized spacial score (nSPS) is 21.4. The van der Waals surface area contributed by atoms with Crippen LogP contribution in [0.3, 0.4) is 0 Å². The molecule has 2 aromatic rings. The van der Waals surface area contributed by atoms with Gasteiger partial charge in [-0.25, -0.2) is 4.98 Å². The molecule has 1 amide bonds. The first-order valence-corrected chi connectivity index (χ1v) is 8.91. The van der Waals surface area contributed by atoms with Gasteiger partial charge in [0.25, 0.3) is 5.91 Å². The molecular formula is C18H22N2O2S. The zero-order chi connectivity index (χ0) is 16.4. The predicted octanol–water partition coefficient (Wildman–Crippen LogP) is 3.35. The minimum atomic E-state index is 0.0470. The Hall–Kier alpha value is -1.72.